The highest BCUT2D eigenvalue weighted by molar-refractivity contribution is 6.74. The number of alkyl carbamates (subject to hydrolysis) is 1. The van der Waals surface area contributed by atoms with Crippen LogP contribution in [0.5, 0.6) is 0 Å². The van der Waals surface area contributed by atoms with Crippen LogP contribution in [0.4, 0.5) is 4.79 Å². The second kappa shape index (κ2) is 12.8. The molecule has 190 valence electrons. The summed E-state index contributed by atoms with van der Waals surface area (Å²) in [6, 6.07) is 8.69. The Morgan fingerprint density at radius 1 is 1.12 bits per heavy atom. The first-order valence-electron chi connectivity index (χ1n) is 11.5. The molecule has 0 aliphatic rings. The Hall–Kier alpha value is -2.55. The lowest BCUT2D eigenvalue weighted by Crippen LogP contribution is -2.47. The van der Waals surface area contributed by atoms with Gasteiger partial charge in [0.1, 0.15) is 12.2 Å². The molecule has 1 aromatic carbocycles. The molecule has 0 aliphatic carbocycles. The van der Waals surface area contributed by atoms with Gasteiger partial charge >= 0.3 is 12.1 Å². The number of rotatable bonds is 11. The largest absolute Gasteiger partial charge is 0.460 e. The molecule has 34 heavy (non-hydrogen) atoms. The molecular weight excluding hydrogens is 452 g/mol. The van der Waals surface area contributed by atoms with E-state index in [9.17, 15) is 9.59 Å². The minimum absolute atomic E-state index is 0.0641. The highest BCUT2D eigenvalue weighted by Gasteiger charge is 2.39. The number of ether oxygens (including phenoxy) is 2. The molecule has 0 radical (unpaired) electrons. The number of carbonyl (C=O) groups excluding carboxylic acids is 2. The smallest absolute Gasteiger partial charge is 0.407 e. The van der Waals surface area contributed by atoms with Crippen LogP contribution in [0.1, 0.15) is 59.9 Å². The van der Waals surface area contributed by atoms with E-state index in [1.807, 2.05) is 30.3 Å². The van der Waals surface area contributed by atoms with Crippen LogP contribution in [0.2, 0.25) is 18.1 Å². The maximum Gasteiger partial charge on any atom is 0.407 e. The lowest BCUT2D eigenvalue weighted by atomic mass is 10.1. The summed E-state index contributed by atoms with van der Waals surface area (Å²) in [5.74, 6) is -0.448. The lowest BCUT2D eigenvalue weighted by molar-refractivity contribution is -0.155. The van der Waals surface area contributed by atoms with Gasteiger partial charge in [0.05, 0.1) is 19.1 Å². The van der Waals surface area contributed by atoms with Gasteiger partial charge in [-0.1, -0.05) is 56.2 Å². The van der Waals surface area contributed by atoms with E-state index in [-0.39, 0.29) is 31.0 Å². The molecule has 9 nitrogen and oxygen atoms in total. The quantitative estimate of drug-likeness (QED) is 0.131. The van der Waals surface area contributed by atoms with Gasteiger partial charge in [-0.3, -0.25) is 4.79 Å². The molecular formula is C24H40N4O5Si. The van der Waals surface area contributed by atoms with Crippen LogP contribution in [0.15, 0.2) is 35.4 Å². The van der Waals surface area contributed by atoms with Crippen molar-refractivity contribution in [3.8, 4) is 0 Å². The third-order valence-corrected chi connectivity index (χ3v) is 10.1. The van der Waals surface area contributed by atoms with Gasteiger partial charge in [0.25, 0.3) is 0 Å². The van der Waals surface area contributed by atoms with E-state index in [1.54, 1.807) is 20.8 Å². The average molecular weight is 493 g/mol. The molecule has 10 heteroatoms. The third kappa shape index (κ3) is 11.5. The number of nitrogens with one attached hydrogen (secondary N) is 1. The first-order valence-corrected chi connectivity index (χ1v) is 14.4. The third-order valence-electron chi connectivity index (χ3n) is 5.53. The number of esters is 1. The van der Waals surface area contributed by atoms with Gasteiger partial charge in [-0.05, 0) is 56.4 Å². The highest BCUT2D eigenvalue weighted by Crippen LogP contribution is 2.37. The van der Waals surface area contributed by atoms with Crippen LogP contribution in [-0.2, 0) is 25.3 Å². The van der Waals surface area contributed by atoms with E-state index >= 15 is 0 Å². The summed E-state index contributed by atoms with van der Waals surface area (Å²) in [5, 5.41) is 6.41. The Balaban J connectivity index is 2.98. The molecule has 0 fully saturated rings. The Bertz CT molecular complexity index is 843. The van der Waals surface area contributed by atoms with Crippen LogP contribution >= 0.6 is 0 Å². The summed E-state index contributed by atoms with van der Waals surface area (Å²) in [6.45, 7) is 16.1. The number of amides is 1. The maximum atomic E-state index is 12.5. The SMILES string of the molecule is CC(C)(C)OC(=O)C[C@H](C[C@@H](CN=[N+]=[N-])O[Si](C)(C)C(C)(C)C)NC(=O)OCc1ccccc1. The molecule has 0 spiro atoms. The Labute approximate surface area is 204 Å². The van der Waals surface area contributed by atoms with Gasteiger partial charge in [0.15, 0.2) is 8.32 Å². The van der Waals surface area contributed by atoms with E-state index in [4.69, 9.17) is 19.4 Å². The zero-order valence-corrected chi connectivity index (χ0v) is 22.8. The fraction of sp³-hybridized carbons (Fsp3) is 0.667. The van der Waals surface area contributed by atoms with E-state index in [2.05, 4.69) is 49.2 Å². The fourth-order valence-corrected chi connectivity index (χ4v) is 4.27. The zero-order chi connectivity index (χ0) is 26.0. The molecule has 0 saturated heterocycles. The van der Waals surface area contributed by atoms with Crippen molar-refractivity contribution < 1.29 is 23.5 Å². The molecule has 1 amide bonds. The average Bonchev–Trinajstić information content (AvgIpc) is 2.68. The number of nitrogens with zero attached hydrogens (tertiary/aromatic N) is 3. The van der Waals surface area contributed by atoms with Crippen LogP contribution < -0.4 is 5.32 Å². The van der Waals surface area contributed by atoms with Crippen LogP contribution in [-0.4, -0.2) is 44.7 Å². The number of azide groups is 1. The summed E-state index contributed by atoms with van der Waals surface area (Å²) in [5.41, 5.74) is 9.05. The van der Waals surface area contributed by atoms with Crippen LogP contribution in [0.3, 0.4) is 0 Å². The molecule has 2 atom stereocenters. The summed E-state index contributed by atoms with van der Waals surface area (Å²) in [6.07, 6.45) is -0.915. The molecule has 1 rings (SSSR count). The van der Waals surface area contributed by atoms with E-state index in [0.29, 0.717) is 0 Å². The Morgan fingerprint density at radius 2 is 1.74 bits per heavy atom. The number of benzene rings is 1. The normalized spacial score (nSPS) is 13.9. The second-order valence-corrected chi connectivity index (χ2v) is 15.6. The standard InChI is InChI=1S/C24H40N4O5Si/c1-23(2,3)32-21(29)15-19(27-22(30)31-17-18-12-10-9-11-13-18)14-20(16-26-28-25)33-34(7,8)24(4,5)6/h9-13,19-20H,14-17H2,1-8H3,(H,27,30)/t19-,20-/m0/s1. The summed E-state index contributed by atoms with van der Waals surface area (Å²) >= 11 is 0. The van der Waals surface area contributed by atoms with Gasteiger partial charge < -0.3 is 19.2 Å². The minimum atomic E-state index is -2.21. The van der Waals surface area contributed by atoms with Crippen molar-refractivity contribution in [3.63, 3.8) is 0 Å². The van der Waals surface area contributed by atoms with E-state index in [1.165, 1.54) is 0 Å². The Morgan fingerprint density at radius 3 is 2.26 bits per heavy atom. The second-order valence-electron chi connectivity index (χ2n) is 10.8. The van der Waals surface area contributed by atoms with Gasteiger partial charge in [-0.25, -0.2) is 4.79 Å². The highest BCUT2D eigenvalue weighted by atomic mass is 28.4. The summed E-state index contributed by atoms with van der Waals surface area (Å²) in [4.78, 5) is 27.9. The first kappa shape index (κ1) is 29.5. The Kier molecular flexibility index (Phi) is 11.1. The van der Waals surface area contributed by atoms with Crippen LogP contribution in [0, 0.1) is 0 Å². The van der Waals surface area contributed by atoms with Crippen molar-refractivity contribution in [2.75, 3.05) is 6.54 Å². The number of carbonyl (C=O) groups is 2. The van der Waals surface area contributed by atoms with Gasteiger partial charge in [0.2, 0.25) is 0 Å². The molecule has 1 N–H and O–H groups in total. The predicted molar refractivity (Wildman–Crippen MR) is 135 cm³/mol. The first-order chi connectivity index (χ1) is 15.6. The van der Waals surface area contributed by atoms with Crippen molar-refractivity contribution in [2.45, 2.75) is 96.9 Å². The molecule has 0 saturated carbocycles. The van der Waals surface area contributed by atoms with Crippen molar-refractivity contribution in [1.82, 2.24) is 5.32 Å². The predicted octanol–water partition coefficient (Wildman–Crippen LogP) is 6.10. The summed E-state index contributed by atoms with van der Waals surface area (Å²) < 4.78 is 17.3. The van der Waals surface area contributed by atoms with Gasteiger partial charge in [0, 0.05) is 11.0 Å². The molecule has 0 aromatic heterocycles. The minimum Gasteiger partial charge on any atom is -0.460 e. The monoisotopic (exact) mass is 492 g/mol. The van der Waals surface area contributed by atoms with Crippen molar-refractivity contribution in [2.24, 2.45) is 5.11 Å². The lowest BCUT2D eigenvalue weighted by Gasteiger charge is -2.39. The fourth-order valence-electron chi connectivity index (χ4n) is 2.91. The van der Waals surface area contributed by atoms with E-state index in [0.717, 1.165) is 5.56 Å². The molecule has 0 unspecified atom stereocenters. The topological polar surface area (TPSA) is 123 Å². The molecule has 0 heterocycles. The number of hydrogen-bond donors (Lipinski definition) is 1. The van der Waals surface area contributed by atoms with Gasteiger partial charge in [-0.2, -0.15) is 0 Å². The molecule has 0 bridgehead atoms. The number of hydrogen-bond acceptors (Lipinski definition) is 6. The van der Waals surface area contributed by atoms with Crippen molar-refractivity contribution in [3.05, 3.63) is 46.3 Å². The van der Waals surface area contributed by atoms with Crippen molar-refractivity contribution >= 4 is 20.4 Å². The van der Waals surface area contributed by atoms with E-state index < -0.39 is 38.1 Å². The summed E-state index contributed by atoms with van der Waals surface area (Å²) in [7, 11) is -2.21. The van der Waals surface area contributed by atoms with Crippen LogP contribution in [0.25, 0.3) is 10.4 Å². The molecule has 1 aromatic rings. The maximum absolute atomic E-state index is 12.5. The van der Waals surface area contributed by atoms with Gasteiger partial charge in [-0.15, -0.1) is 0 Å². The zero-order valence-electron chi connectivity index (χ0n) is 21.8. The van der Waals surface area contributed by atoms with Crippen molar-refractivity contribution in [1.29, 1.82) is 0 Å². The molecule has 0 aliphatic heterocycles.